The molecule has 0 aliphatic rings. The number of nitrogens with one attached hydrogen (secondary N) is 1. The number of ether oxygens (including phenoxy) is 1. The van der Waals surface area contributed by atoms with E-state index in [4.69, 9.17) is 4.74 Å². The van der Waals surface area contributed by atoms with Gasteiger partial charge in [0.25, 0.3) is 0 Å². The van der Waals surface area contributed by atoms with Gasteiger partial charge in [0.1, 0.15) is 11.3 Å². The molecular formula is C13H9NO2S. The molecule has 3 aromatic rings. The molecule has 84 valence electrons. The number of benzene rings is 2. The smallest absolute Gasteiger partial charge is 0.305 e. The van der Waals surface area contributed by atoms with Gasteiger partial charge in [0.15, 0.2) is 5.75 Å². The summed E-state index contributed by atoms with van der Waals surface area (Å²) in [5, 5.41) is 0. The highest BCUT2D eigenvalue weighted by molar-refractivity contribution is 7.16. The van der Waals surface area contributed by atoms with Gasteiger partial charge in [-0.25, -0.2) is 0 Å². The van der Waals surface area contributed by atoms with Crippen molar-refractivity contribution in [1.82, 2.24) is 4.98 Å². The molecule has 3 rings (SSSR count). The summed E-state index contributed by atoms with van der Waals surface area (Å²) >= 11 is 1.19. The zero-order valence-electron chi connectivity index (χ0n) is 8.84. The van der Waals surface area contributed by atoms with Crippen molar-refractivity contribution in [3.05, 3.63) is 58.2 Å². The van der Waals surface area contributed by atoms with Gasteiger partial charge in [-0.15, -0.1) is 0 Å². The van der Waals surface area contributed by atoms with Crippen LogP contribution in [0.2, 0.25) is 0 Å². The van der Waals surface area contributed by atoms with E-state index in [1.54, 1.807) is 0 Å². The van der Waals surface area contributed by atoms with Gasteiger partial charge < -0.3 is 9.72 Å². The molecule has 0 unspecified atom stereocenters. The summed E-state index contributed by atoms with van der Waals surface area (Å²) in [6.45, 7) is 0. The van der Waals surface area contributed by atoms with Gasteiger partial charge in [-0.1, -0.05) is 35.6 Å². The van der Waals surface area contributed by atoms with Gasteiger partial charge in [0, 0.05) is 0 Å². The Balaban J connectivity index is 2.09. The maximum absolute atomic E-state index is 11.3. The van der Waals surface area contributed by atoms with Gasteiger partial charge >= 0.3 is 4.87 Å². The molecule has 1 heterocycles. The van der Waals surface area contributed by atoms with Crippen molar-refractivity contribution in [2.24, 2.45) is 0 Å². The number of hydrogen-bond acceptors (Lipinski definition) is 3. The van der Waals surface area contributed by atoms with Crippen molar-refractivity contribution in [2.75, 3.05) is 0 Å². The Kier molecular flexibility index (Phi) is 2.42. The molecule has 0 saturated heterocycles. The van der Waals surface area contributed by atoms with E-state index in [0.29, 0.717) is 5.75 Å². The van der Waals surface area contributed by atoms with E-state index >= 15 is 0 Å². The number of H-pyrrole nitrogens is 1. The van der Waals surface area contributed by atoms with E-state index in [2.05, 4.69) is 4.98 Å². The summed E-state index contributed by atoms with van der Waals surface area (Å²) in [4.78, 5) is 14.0. The topological polar surface area (TPSA) is 42.1 Å². The SMILES string of the molecule is O=c1[nH]c2c(Oc3ccccc3)cccc2s1. The van der Waals surface area contributed by atoms with Crippen LogP contribution in [0.25, 0.3) is 10.2 Å². The number of para-hydroxylation sites is 2. The first-order chi connectivity index (χ1) is 8.33. The molecule has 0 saturated carbocycles. The van der Waals surface area contributed by atoms with Crippen LogP contribution in [0.4, 0.5) is 0 Å². The lowest BCUT2D eigenvalue weighted by molar-refractivity contribution is 0.487. The largest absolute Gasteiger partial charge is 0.455 e. The highest BCUT2D eigenvalue weighted by Gasteiger charge is 2.06. The predicted octanol–water partition coefficient (Wildman–Crippen LogP) is 3.38. The molecule has 0 spiro atoms. The Hall–Kier alpha value is -2.07. The van der Waals surface area contributed by atoms with Gasteiger partial charge in [-0.2, -0.15) is 0 Å². The van der Waals surface area contributed by atoms with Crippen LogP contribution < -0.4 is 9.61 Å². The maximum Gasteiger partial charge on any atom is 0.305 e. The summed E-state index contributed by atoms with van der Waals surface area (Å²) in [5.41, 5.74) is 0.756. The Morgan fingerprint density at radius 3 is 2.65 bits per heavy atom. The fraction of sp³-hybridized carbons (Fsp3) is 0. The molecule has 3 nitrogen and oxygen atoms in total. The number of rotatable bonds is 2. The average molecular weight is 243 g/mol. The normalized spacial score (nSPS) is 10.6. The van der Waals surface area contributed by atoms with Crippen molar-refractivity contribution in [1.29, 1.82) is 0 Å². The monoisotopic (exact) mass is 243 g/mol. The standard InChI is InChI=1S/C13H9NO2S/c15-13-14-12-10(7-4-8-11(12)17-13)16-9-5-2-1-3-6-9/h1-8H,(H,14,15). The number of hydrogen-bond donors (Lipinski definition) is 1. The molecule has 0 radical (unpaired) electrons. The summed E-state index contributed by atoms with van der Waals surface area (Å²) in [5.74, 6) is 1.43. The van der Waals surface area contributed by atoms with E-state index < -0.39 is 0 Å². The summed E-state index contributed by atoms with van der Waals surface area (Å²) in [6.07, 6.45) is 0. The molecule has 1 aromatic heterocycles. The van der Waals surface area contributed by atoms with Crippen molar-refractivity contribution in [3.63, 3.8) is 0 Å². The molecule has 0 amide bonds. The number of fused-ring (bicyclic) bond motifs is 1. The summed E-state index contributed by atoms with van der Waals surface area (Å²) < 4.78 is 6.65. The molecule has 0 atom stereocenters. The second kappa shape index (κ2) is 4.07. The first kappa shape index (κ1) is 10.1. The molecule has 0 aliphatic heterocycles. The lowest BCUT2D eigenvalue weighted by atomic mass is 10.3. The van der Waals surface area contributed by atoms with Gasteiger partial charge in [-0.05, 0) is 24.3 Å². The highest BCUT2D eigenvalue weighted by atomic mass is 32.1. The van der Waals surface area contributed by atoms with E-state index in [0.717, 1.165) is 16.0 Å². The Morgan fingerprint density at radius 1 is 1.00 bits per heavy atom. The van der Waals surface area contributed by atoms with Crippen molar-refractivity contribution in [2.45, 2.75) is 0 Å². The first-order valence-electron chi connectivity index (χ1n) is 5.18. The van der Waals surface area contributed by atoms with Crippen LogP contribution in [-0.4, -0.2) is 4.98 Å². The van der Waals surface area contributed by atoms with E-state index in [1.165, 1.54) is 11.3 Å². The minimum atomic E-state index is -0.0656. The summed E-state index contributed by atoms with van der Waals surface area (Å²) in [6, 6.07) is 15.1. The second-order valence-corrected chi connectivity index (χ2v) is 4.57. The van der Waals surface area contributed by atoms with Crippen LogP contribution >= 0.6 is 11.3 Å². The van der Waals surface area contributed by atoms with Crippen molar-refractivity contribution < 1.29 is 4.74 Å². The molecule has 2 aromatic carbocycles. The fourth-order valence-corrected chi connectivity index (χ4v) is 2.40. The van der Waals surface area contributed by atoms with Gasteiger partial charge in [0.2, 0.25) is 0 Å². The number of thiazole rings is 1. The molecule has 0 fully saturated rings. The van der Waals surface area contributed by atoms with Crippen LogP contribution in [0.3, 0.4) is 0 Å². The zero-order chi connectivity index (χ0) is 11.7. The van der Waals surface area contributed by atoms with E-state index in [-0.39, 0.29) is 4.87 Å². The summed E-state index contributed by atoms with van der Waals surface area (Å²) in [7, 11) is 0. The minimum absolute atomic E-state index is 0.0656. The van der Waals surface area contributed by atoms with Crippen LogP contribution in [-0.2, 0) is 0 Å². The van der Waals surface area contributed by atoms with Crippen LogP contribution in [0.1, 0.15) is 0 Å². The molecule has 17 heavy (non-hydrogen) atoms. The first-order valence-corrected chi connectivity index (χ1v) is 5.99. The van der Waals surface area contributed by atoms with Crippen molar-refractivity contribution in [3.8, 4) is 11.5 Å². The van der Waals surface area contributed by atoms with Crippen LogP contribution in [0, 0.1) is 0 Å². The molecule has 0 aliphatic carbocycles. The second-order valence-electron chi connectivity index (χ2n) is 3.56. The number of aromatic nitrogens is 1. The zero-order valence-corrected chi connectivity index (χ0v) is 9.66. The lowest BCUT2D eigenvalue weighted by Gasteiger charge is -2.05. The van der Waals surface area contributed by atoms with E-state index in [9.17, 15) is 4.79 Å². The third-order valence-electron chi connectivity index (χ3n) is 2.39. The average Bonchev–Trinajstić information content (AvgIpc) is 2.72. The third-order valence-corrected chi connectivity index (χ3v) is 3.24. The Bertz CT molecular complexity index is 700. The quantitative estimate of drug-likeness (QED) is 0.749. The number of aromatic amines is 1. The molecule has 4 heteroatoms. The Labute approximate surface area is 101 Å². The van der Waals surface area contributed by atoms with Crippen LogP contribution in [0.15, 0.2) is 53.3 Å². The highest BCUT2D eigenvalue weighted by Crippen LogP contribution is 2.29. The van der Waals surface area contributed by atoms with Gasteiger partial charge in [-0.3, -0.25) is 4.79 Å². The Morgan fingerprint density at radius 2 is 1.82 bits per heavy atom. The molecule has 1 N–H and O–H groups in total. The minimum Gasteiger partial charge on any atom is -0.455 e. The van der Waals surface area contributed by atoms with Gasteiger partial charge in [0.05, 0.1) is 4.70 Å². The van der Waals surface area contributed by atoms with Crippen molar-refractivity contribution >= 4 is 21.6 Å². The predicted molar refractivity (Wildman–Crippen MR) is 69.0 cm³/mol. The molecular weight excluding hydrogens is 234 g/mol. The van der Waals surface area contributed by atoms with E-state index in [1.807, 2.05) is 48.5 Å². The maximum atomic E-state index is 11.3. The fourth-order valence-electron chi connectivity index (χ4n) is 1.65. The third kappa shape index (κ3) is 1.94. The lowest BCUT2D eigenvalue weighted by Crippen LogP contribution is -1.91. The molecule has 0 bridgehead atoms. The van der Waals surface area contributed by atoms with Crippen LogP contribution in [0.5, 0.6) is 11.5 Å².